The average molecular weight is 206 g/mol. The van der Waals surface area contributed by atoms with Gasteiger partial charge in [-0.25, -0.2) is 9.67 Å². The predicted molar refractivity (Wildman–Crippen MR) is 57.6 cm³/mol. The fraction of sp³-hybridized carbons (Fsp3) is 0.818. The monoisotopic (exact) mass is 206 g/mol. The maximum atomic E-state index is 6.04. The van der Waals surface area contributed by atoms with Gasteiger partial charge in [-0.15, -0.1) is 0 Å². The second kappa shape index (κ2) is 3.30. The third-order valence-electron chi connectivity index (χ3n) is 3.90. The summed E-state index contributed by atoms with van der Waals surface area (Å²) in [6.45, 7) is 2.15. The van der Waals surface area contributed by atoms with Gasteiger partial charge >= 0.3 is 0 Å². The van der Waals surface area contributed by atoms with Crippen molar-refractivity contribution in [3.05, 3.63) is 11.6 Å². The van der Waals surface area contributed by atoms with E-state index in [1.54, 1.807) is 0 Å². The summed E-state index contributed by atoms with van der Waals surface area (Å²) in [5, 5.41) is 4.63. The third-order valence-corrected chi connectivity index (χ3v) is 3.90. The van der Waals surface area contributed by atoms with Crippen LogP contribution in [0.1, 0.15) is 56.2 Å². The standard InChI is InChI=1S/C11H18N4/c1-7-9(12)5-6-10-13-11(14-15(7)10)8-3-2-4-8/h7-9H,2-6,12H2,1H3. The first-order valence-electron chi connectivity index (χ1n) is 5.96. The summed E-state index contributed by atoms with van der Waals surface area (Å²) in [4.78, 5) is 4.65. The summed E-state index contributed by atoms with van der Waals surface area (Å²) in [5.74, 6) is 2.84. The fourth-order valence-electron chi connectivity index (χ4n) is 2.43. The molecule has 0 saturated heterocycles. The molecule has 1 aliphatic carbocycles. The van der Waals surface area contributed by atoms with Crippen molar-refractivity contribution in [2.75, 3.05) is 0 Å². The van der Waals surface area contributed by atoms with Gasteiger partial charge in [0.1, 0.15) is 5.82 Å². The minimum Gasteiger partial charge on any atom is -0.326 e. The van der Waals surface area contributed by atoms with Crippen molar-refractivity contribution in [3.8, 4) is 0 Å². The van der Waals surface area contributed by atoms with Gasteiger partial charge in [0, 0.05) is 18.4 Å². The van der Waals surface area contributed by atoms with Gasteiger partial charge in [0.2, 0.25) is 0 Å². The van der Waals surface area contributed by atoms with Crippen LogP contribution in [0.25, 0.3) is 0 Å². The van der Waals surface area contributed by atoms with Crippen LogP contribution in [-0.2, 0) is 6.42 Å². The second-order valence-electron chi connectivity index (χ2n) is 4.90. The van der Waals surface area contributed by atoms with E-state index in [1.165, 1.54) is 19.3 Å². The van der Waals surface area contributed by atoms with Crippen molar-refractivity contribution in [1.82, 2.24) is 14.8 Å². The Kier molecular flexibility index (Phi) is 2.06. The molecule has 3 rings (SSSR count). The zero-order valence-corrected chi connectivity index (χ0v) is 9.19. The van der Waals surface area contributed by atoms with E-state index < -0.39 is 0 Å². The van der Waals surface area contributed by atoms with E-state index >= 15 is 0 Å². The highest BCUT2D eigenvalue weighted by Crippen LogP contribution is 2.35. The lowest BCUT2D eigenvalue weighted by Crippen LogP contribution is -2.36. The van der Waals surface area contributed by atoms with Crippen molar-refractivity contribution in [2.45, 2.75) is 57.0 Å². The van der Waals surface area contributed by atoms with E-state index in [4.69, 9.17) is 5.73 Å². The van der Waals surface area contributed by atoms with Gasteiger partial charge < -0.3 is 5.73 Å². The molecule has 2 atom stereocenters. The largest absolute Gasteiger partial charge is 0.326 e. The SMILES string of the molecule is CC1C(N)CCc2nc(C3CCC3)nn21. The lowest BCUT2D eigenvalue weighted by Gasteiger charge is -2.26. The Morgan fingerprint density at radius 3 is 2.80 bits per heavy atom. The van der Waals surface area contributed by atoms with Gasteiger partial charge in [0.05, 0.1) is 6.04 Å². The van der Waals surface area contributed by atoms with Gasteiger partial charge in [-0.2, -0.15) is 5.10 Å². The minimum atomic E-state index is 0.244. The van der Waals surface area contributed by atoms with Crippen molar-refractivity contribution in [3.63, 3.8) is 0 Å². The summed E-state index contributed by atoms with van der Waals surface area (Å²) in [6.07, 6.45) is 5.91. The first-order chi connectivity index (χ1) is 7.25. The van der Waals surface area contributed by atoms with Crippen LogP contribution in [0.3, 0.4) is 0 Å². The Balaban J connectivity index is 1.92. The van der Waals surface area contributed by atoms with Crippen molar-refractivity contribution in [1.29, 1.82) is 0 Å². The van der Waals surface area contributed by atoms with Crippen LogP contribution in [-0.4, -0.2) is 20.8 Å². The molecule has 0 radical (unpaired) electrons. The van der Waals surface area contributed by atoms with Gasteiger partial charge in [0.15, 0.2) is 5.82 Å². The smallest absolute Gasteiger partial charge is 0.154 e. The third kappa shape index (κ3) is 1.39. The highest BCUT2D eigenvalue weighted by atomic mass is 15.4. The predicted octanol–water partition coefficient (Wildman–Crippen LogP) is 1.38. The number of nitrogens with two attached hydrogens (primary N) is 1. The molecule has 4 heteroatoms. The Morgan fingerprint density at radius 2 is 2.13 bits per heavy atom. The molecule has 1 aromatic heterocycles. The van der Waals surface area contributed by atoms with Crippen molar-refractivity contribution in [2.24, 2.45) is 5.73 Å². The summed E-state index contributed by atoms with van der Waals surface area (Å²) in [6, 6.07) is 0.559. The number of hydrogen-bond donors (Lipinski definition) is 1. The van der Waals surface area contributed by atoms with Crippen molar-refractivity contribution >= 4 is 0 Å². The minimum absolute atomic E-state index is 0.244. The normalized spacial score (nSPS) is 31.1. The topological polar surface area (TPSA) is 56.7 Å². The lowest BCUT2D eigenvalue weighted by molar-refractivity contribution is 0.333. The molecule has 1 fully saturated rings. The zero-order chi connectivity index (χ0) is 10.4. The number of aryl methyl sites for hydroxylation is 1. The molecule has 0 bridgehead atoms. The van der Waals surface area contributed by atoms with E-state index in [2.05, 4.69) is 21.7 Å². The van der Waals surface area contributed by atoms with E-state index in [0.29, 0.717) is 12.0 Å². The Labute approximate surface area is 89.9 Å². The van der Waals surface area contributed by atoms with E-state index in [9.17, 15) is 0 Å². The van der Waals surface area contributed by atoms with Gasteiger partial charge in [-0.05, 0) is 26.2 Å². The number of hydrogen-bond acceptors (Lipinski definition) is 3. The van der Waals surface area contributed by atoms with Crippen LogP contribution >= 0.6 is 0 Å². The van der Waals surface area contributed by atoms with E-state index in [0.717, 1.165) is 24.5 Å². The molecular weight excluding hydrogens is 188 g/mol. The zero-order valence-electron chi connectivity index (χ0n) is 9.19. The quantitative estimate of drug-likeness (QED) is 0.755. The Bertz CT molecular complexity index is 367. The molecule has 2 aliphatic rings. The van der Waals surface area contributed by atoms with Crippen LogP contribution in [0.2, 0.25) is 0 Å². The average Bonchev–Trinajstić information content (AvgIpc) is 2.53. The summed E-state index contributed by atoms with van der Waals surface area (Å²) >= 11 is 0. The van der Waals surface area contributed by atoms with E-state index in [-0.39, 0.29) is 6.04 Å². The molecule has 1 saturated carbocycles. The molecular formula is C11H18N4. The molecule has 82 valence electrons. The van der Waals surface area contributed by atoms with Crippen LogP contribution < -0.4 is 5.73 Å². The van der Waals surface area contributed by atoms with Crippen LogP contribution in [0.15, 0.2) is 0 Å². The first-order valence-corrected chi connectivity index (χ1v) is 5.96. The molecule has 0 amide bonds. The second-order valence-corrected chi connectivity index (χ2v) is 4.90. The molecule has 1 aliphatic heterocycles. The molecule has 2 heterocycles. The summed E-state index contributed by atoms with van der Waals surface area (Å²) in [7, 11) is 0. The number of rotatable bonds is 1. The van der Waals surface area contributed by atoms with E-state index in [1.807, 2.05) is 0 Å². The Morgan fingerprint density at radius 1 is 1.33 bits per heavy atom. The fourth-order valence-corrected chi connectivity index (χ4v) is 2.43. The lowest BCUT2D eigenvalue weighted by atomic mass is 9.85. The van der Waals surface area contributed by atoms with Crippen molar-refractivity contribution < 1.29 is 0 Å². The molecule has 0 aromatic carbocycles. The molecule has 0 spiro atoms. The van der Waals surface area contributed by atoms with Crippen LogP contribution in [0.4, 0.5) is 0 Å². The number of aromatic nitrogens is 3. The number of nitrogens with zero attached hydrogens (tertiary/aromatic N) is 3. The van der Waals surface area contributed by atoms with Gasteiger partial charge in [0.25, 0.3) is 0 Å². The highest BCUT2D eigenvalue weighted by molar-refractivity contribution is 5.06. The summed E-state index contributed by atoms with van der Waals surface area (Å²) < 4.78 is 2.06. The van der Waals surface area contributed by atoms with Gasteiger partial charge in [-0.3, -0.25) is 0 Å². The molecule has 2 N–H and O–H groups in total. The molecule has 1 aromatic rings. The maximum Gasteiger partial charge on any atom is 0.154 e. The van der Waals surface area contributed by atoms with Crippen LogP contribution in [0, 0.1) is 0 Å². The Hall–Kier alpha value is -0.900. The first kappa shape index (κ1) is 9.33. The molecule has 4 nitrogen and oxygen atoms in total. The highest BCUT2D eigenvalue weighted by Gasteiger charge is 2.29. The maximum absolute atomic E-state index is 6.04. The number of fused-ring (bicyclic) bond motifs is 1. The molecule has 2 unspecified atom stereocenters. The van der Waals surface area contributed by atoms with Gasteiger partial charge in [-0.1, -0.05) is 6.42 Å². The summed E-state index contributed by atoms with van der Waals surface area (Å²) in [5.41, 5.74) is 6.04. The molecule has 15 heavy (non-hydrogen) atoms. The van der Waals surface area contributed by atoms with Crippen LogP contribution in [0.5, 0.6) is 0 Å².